The molecule has 0 bridgehead atoms. The molecular weight excluding hydrogens is 553 g/mol. The summed E-state index contributed by atoms with van der Waals surface area (Å²) in [5, 5.41) is 15.5. The topological polar surface area (TPSA) is 135 Å². The van der Waals surface area contributed by atoms with Gasteiger partial charge in [-0.05, 0) is 59.7 Å². The number of fused-ring (bicyclic) bond motifs is 1. The molecule has 3 aromatic heterocycles. The molecule has 12 nitrogen and oxygen atoms in total. The number of aromatic nitrogens is 6. The predicted octanol–water partition coefficient (Wildman–Crippen LogP) is 3.84. The maximum absolute atomic E-state index is 13.6. The van der Waals surface area contributed by atoms with Gasteiger partial charge in [0.25, 0.3) is 5.91 Å². The minimum Gasteiger partial charge on any atom is -0.436 e. The Morgan fingerprint density at radius 1 is 1.05 bits per heavy atom. The molecule has 1 fully saturated rings. The summed E-state index contributed by atoms with van der Waals surface area (Å²) in [6, 6.07) is 14.7. The molecule has 220 valence electrons. The van der Waals surface area contributed by atoms with Gasteiger partial charge in [0.15, 0.2) is 11.4 Å². The van der Waals surface area contributed by atoms with Gasteiger partial charge in [0.1, 0.15) is 17.0 Å². The first-order valence-corrected chi connectivity index (χ1v) is 14.1. The SMILES string of the molecule is CCCC(=O)Nc1ccc2oc(-c3ccnc(C(=O)N4CCN(C(c5ccc(F)cc5)c5nnn(C)n5)CC4)c3)nc2c1. The monoisotopic (exact) mass is 583 g/mol. The van der Waals surface area contributed by atoms with Gasteiger partial charge < -0.3 is 14.6 Å². The number of halogens is 1. The lowest BCUT2D eigenvalue weighted by Crippen LogP contribution is -2.50. The maximum Gasteiger partial charge on any atom is 0.272 e. The number of piperazine rings is 1. The Kier molecular flexibility index (Phi) is 7.88. The van der Waals surface area contributed by atoms with Crippen LogP contribution in [0.15, 0.2) is 65.2 Å². The van der Waals surface area contributed by atoms with E-state index in [1.54, 1.807) is 60.6 Å². The lowest BCUT2D eigenvalue weighted by molar-refractivity contribution is -0.116. The van der Waals surface area contributed by atoms with Crippen molar-refractivity contribution in [3.05, 3.63) is 83.7 Å². The Bertz CT molecular complexity index is 1760. The number of anilines is 1. The molecule has 0 aliphatic carbocycles. The highest BCUT2D eigenvalue weighted by Crippen LogP contribution is 2.29. The Morgan fingerprint density at radius 3 is 2.56 bits per heavy atom. The van der Waals surface area contributed by atoms with Crippen LogP contribution in [0.2, 0.25) is 0 Å². The number of hydrogen-bond donors (Lipinski definition) is 1. The van der Waals surface area contributed by atoms with E-state index in [-0.39, 0.29) is 29.4 Å². The fraction of sp³-hybridized carbons (Fsp3) is 0.300. The first-order valence-electron chi connectivity index (χ1n) is 14.1. The molecule has 1 saturated heterocycles. The van der Waals surface area contributed by atoms with Gasteiger partial charge in [0.2, 0.25) is 11.8 Å². The van der Waals surface area contributed by atoms with Crippen molar-refractivity contribution in [2.75, 3.05) is 31.5 Å². The smallest absolute Gasteiger partial charge is 0.272 e. The number of pyridine rings is 1. The average Bonchev–Trinajstić information content (AvgIpc) is 3.64. The molecule has 2 amide bonds. The number of benzene rings is 2. The Hall–Kier alpha value is -5.04. The van der Waals surface area contributed by atoms with E-state index in [1.807, 2.05) is 6.92 Å². The predicted molar refractivity (Wildman–Crippen MR) is 155 cm³/mol. The molecule has 2 aromatic carbocycles. The van der Waals surface area contributed by atoms with Crippen molar-refractivity contribution >= 4 is 28.6 Å². The fourth-order valence-electron chi connectivity index (χ4n) is 5.18. The van der Waals surface area contributed by atoms with Gasteiger partial charge in [-0.1, -0.05) is 19.1 Å². The summed E-state index contributed by atoms with van der Waals surface area (Å²) in [7, 11) is 1.70. The number of carbonyl (C=O) groups excluding carboxylic acids is 2. The van der Waals surface area contributed by atoms with Gasteiger partial charge in [0.05, 0.1) is 13.1 Å². The minimum atomic E-state index is -0.326. The zero-order valence-electron chi connectivity index (χ0n) is 23.8. The zero-order valence-corrected chi connectivity index (χ0v) is 23.8. The second-order valence-electron chi connectivity index (χ2n) is 10.3. The molecule has 4 heterocycles. The number of rotatable bonds is 8. The molecule has 1 N–H and O–H groups in total. The molecule has 0 saturated carbocycles. The highest BCUT2D eigenvalue weighted by Gasteiger charge is 2.31. The van der Waals surface area contributed by atoms with Crippen molar-refractivity contribution in [3.8, 4) is 11.5 Å². The summed E-state index contributed by atoms with van der Waals surface area (Å²) in [6.07, 6.45) is 2.77. The van der Waals surface area contributed by atoms with Crippen LogP contribution in [-0.2, 0) is 11.8 Å². The van der Waals surface area contributed by atoms with Crippen molar-refractivity contribution in [3.63, 3.8) is 0 Å². The molecule has 6 rings (SSSR count). The number of tetrazole rings is 1. The molecule has 1 aliphatic rings. The van der Waals surface area contributed by atoms with E-state index in [0.29, 0.717) is 66.7 Å². The van der Waals surface area contributed by atoms with Crippen molar-refractivity contribution in [1.29, 1.82) is 0 Å². The standard InChI is InChI=1S/C30H30FN9O3/c1-3-4-26(41)33-22-9-10-25-23(18-22)34-29(43-25)20-11-12-32-24(17-20)30(42)40-15-13-39(14-16-40)27(28-35-37-38(2)36-28)19-5-7-21(31)8-6-19/h5-12,17-18,27H,3-4,13-16H2,1-2H3,(H,33,41). The number of nitrogens with one attached hydrogen (secondary N) is 1. The summed E-state index contributed by atoms with van der Waals surface area (Å²) in [6.45, 7) is 3.96. The highest BCUT2D eigenvalue weighted by molar-refractivity contribution is 5.94. The molecule has 13 heteroatoms. The molecular formula is C30H30FN9O3. The van der Waals surface area contributed by atoms with Crippen LogP contribution in [0.5, 0.6) is 0 Å². The van der Waals surface area contributed by atoms with Crippen LogP contribution in [0.1, 0.15) is 47.7 Å². The van der Waals surface area contributed by atoms with Gasteiger partial charge in [-0.15, -0.1) is 10.2 Å². The van der Waals surface area contributed by atoms with Crippen LogP contribution in [0.25, 0.3) is 22.6 Å². The Balaban J connectivity index is 1.16. The van der Waals surface area contributed by atoms with E-state index in [0.717, 1.165) is 12.0 Å². The van der Waals surface area contributed by atoms with Crippen LogP contribution >= 0.6 is 0 Å². The first-order chi connectivity index (χ1) is 20.9. The number of oxazole rings is 1. The second kappa shape index (κ2) is 12.1. The summed E-state index contributed by atoms with van der Waals surface area (Å²) < 4.78 is 19.6. The normalized spacial score (nSPS) is 14.6. The molecule has 1 atom stereocenters. The fourth-order valence-corrected chi connectivity index (χ4v) is 5.18. The molecule has 5 aromatic rings. The molecule has 1 unspecified atom stereocenters. The zero-order chi connectivity index (χ0) is 29.9. The Morgan fingerprint density at radius 2 is 1.84 bits per heavy atom. The van der Waals surface area contributed by atoms with Crippen LogP contribution in [0.3, 0.4) is 0 Å². The van der Waals surface area contributed by atoms with Crippen molar-refractivity contribution in [2.45, 2.75) is 25.8 Å². The van der Waals surface area contributed by atoms with Crippen LogP contribution in [0.4, 0.5) is 10.1 Å². The molecule has 1 aliphatic heterocycles. The third kappa shape index (κ3) is 6.11. The van der Waals surface area contributed by atoms with E-state index in [9.17, 15) is 14.0 Å². The van der Waals surface area contributed by atoms with E-state index < -0.39 is 0 Å². The van der Waals surface area contributed by atoms with E-state index >= 15 is 0 Å². The number of nitrogens with zero attached hydrogens (tertiary/aromatic N) is 8. The number of aryl methyl sites for hydroxylation is 1. The van der Waals surface area contributed by atoms with Crippen LogP contribution in [0, 0.1) is 5.82 Å². The average molecular weight is 584 g/mol. The number of carbonyl (C=O) groups is 2. The van der Waals surface area contributed by atoms with Gasteiger partial charge in [-0.2, -0.15) is 4.80 Å². The molecule has 0 spiro atoms. The largest absolute Gasteiger partial charge is 0.436 e. The van der Waals surface area contributed by atoms with Gasteiger partial charge in [-0.3, -0.25) is 19.5 Å². The van der Waals surface area contributed by atoms with E-state index in [4.69, 9.17) is 4.42 Å². The second-order valence-corrected chi connectivity index (χ2v) is 10.3. The Labute approximate surface area is 246 Å². The summed E-state index contributed by atoms with van der Waals surface area (Å²) >= 11 is 0. The maximum atomic E-state index is 13.6. The van der Waals surface area contributed by atoms with Crippen molar-refractivity contribution in [1.82, 2.24) is 40.0 Å². The summed E-state index contributed by atoms with van der Waals surface area (Å²) in [4.78, 5) is 39.7. The number of hydrogen-bond acceptors (Lipinski definition) is 9. The lowest BCUT2D eigenvalue weighted by Gasteiger charge is -2.38. The van der Waals surface area contributed by atoms with Gasteiger partial charge in [-0.25, -0.2) is 9.37 Å². The van der Waals surface area contributed by atoms with Gasteiger partial charge in [0, 0.05) is 50.0 Å². The van der Waals surface area contributed by atoms with E-state index in [2.05, 4.69) is 35.6 Å². The first kappa shape index (κ1) is 28.1. The summed E-state index contributed by atoms with van der Waals surface area (Å²) in [5.74, 6) is 0.289. The van der Waals surface area contributed by atoms with Crippen molar-refractivity contribution in [2.24, 2.45) is 7.05 Å². The van der Waals surface area contributed by atoms with E-state index in [1.165, 1.54) is 16.9 Å². The highest BCUT2D eigenvalue weighted by atomic mass is 19.1. The summed E-state index contributed by atoms with van der Waals surface area (Å²) in [5.41, 5.74) is 3.56. The van der Waals surface area contributed by atoms with Crippen molar-refractivity contribution < 1.29 is 18.4 Å². The lowest BCUT2D eigenvalue weighted by atomic mass is 10.0. The number of amides is 2. The van der Waals surface area contributed by atoms with Gasteiger partial charge >= 0.3 is 0 Å². The minimum absolute atomic E-state index is 0.0555. The molecule has 0 radical (unpaired) electrons. The quantitative estimate of drug-likeness (QED) is 0.289. The third-order valence-electron chi connectivity index (χ3n) is 7.30. The molecule has 43 heavy (non-hydrogen) atoms. The van der Waals surface area contributed by atoms with Crippen LogP contribution < -0.4 is 5.32 Å². The van der Waals surface area contributed by atoms with Crippen LogP contribution in [-0.4, -0.2) is 78.0 Å². The third-order valence-corrected chi connectivity index (χ3v) is 7.30.